The van der Waals surface area contributed by atoms with Crippen LogP contribution in [0, 0.1) is 5.92 Å². The summed E-state index contributed by atoms with van der Waals surface area (Å²) in [5.74, 6) is -0.713. The maximum Gasteiger partial charge on any atom is 0.371 e. The van der Waals surface area contributed by atoms with Crippen molar-refractivity contribution in [2.75, 3.05) is 0 Å². The molecule has 0 aliphatic rings. The summed E-state index contributed by atoms with van der Waals surface area (Å²) in [6.07, 6.45) is 0. The highest BCUT2D eigenvalue weighted by molar-refractivity contribution is 7.72. The number of hydrogen-bond acceptors (Lipinski definition) is 4. The maximum atomic E-state index is 10.9. The van der Waals surface area contributed by atoms with Gasteiger partial charge in [-0.05, 0) is 5.92 Å². The van der Waals surface area contributed by atoms with Gasteiger partial charge in [-0.2, -0.15) is 0 Å². The fraction of sp³-hybridized carbons (Fsp3) is 1.00. The van der Waals surface area contributed by atoms with Gasteiger partial charge in [-0.1, -0.05) is 13.8 Å². The van der Waals surface area contributed by atoms with Gasteiger partial charge in [0.25, 0.3) is 5.08 Å². The van der Waals surface area contributed by atoms with Crippen molar-refractivity contribution in [2.24, 2.45) is 11.7 Å². The highest BCUT2D eigenvalue weighted by Gasteiger charge is 2.63. The van der Waals surface area contributed by atoms with Gasteiger partial charge in [-0.25, -0.2) is 0 Å². The zero-order valence-corrected chi connectivity index (χ0v) is 9.97. The molecular formula is C5H15NO7P2. The van der Waals surface area contributed by atoms with Gasteiger partial charge in [0.15, 0.2) is 0 Å². The van der Waals surface area contributed by atoms with E-state index in [1.54, 1.807) is 0 Å². The first-order chi connectivity index (χ1) is 6.35. The molecule has 0 aliphatic carbocycles. The van der Waals surface area contributed by atoms with E-state index in [1.165, 1.54) is 13.8 Å². The molecule has 0 aliphatic heterocycles. The van der Waals surface area contributed by atoms with Gasteiger partial charge < -0.3 is 30.4 Å². The molecule has 0 heterocycles. The average molecular weight is 263 g/mol. The van der Waals surface area contributed by atoms with Crippen LogP contribution in [0.3, 0.4) is 0 Å². The van der Waals surface area contributed by atoms with Crippen LogP contribution in [0.15, 0.2) is 0 Å². The van der Waals surface area contributed by atoms with E-state index in [-0.39, 0.29) is 0 Å². The van der Waals surface area contributed by atoms with Crippen molar-refractivity contribution < 1.29 is 33.8 Å². The summed E-state index contributed by atoms with van der Waals surface area (Å²) >= 11 is 0. The molecule has 0 fully saturated rings. The van der Waals surface area contributed by atoms with Crippen LogP contribution in [0.5, 0.6) is 0 Å². The van der Waals surface area contributed by atoms with Gasteiger partial charge in [0, 0.05) is 0 Å². The van der Waals surface area contributed by atoms with E-state index in [1.807, 2.05) is 0 Å². The van der Waals surface area contributed by atoms with E-state index < -0.39 is 32.2 Å². The second-order valence-corrected chi connectivity index (χ2v) is 7.44. The molecule has 10 heteroatoms. The Kier molecular flexibility index (Phi) is 4.30. The van der Waals surface area contributed by atoms with Crippen molar-refractivity contribution in [3.05, 3.63) is 0 Å². The number of rotatable bonds is 4. The van der Waals surface area contributed by atoms with E-state index in [4.69, 9.17) is 25.3 Å². The molecule has 15 heavy (non-hydrogen) atoms. The number of aliphatic hydroxyl groups is 1. The lowest BCUT2D eigenvalue weighted by Crippen LogP contribution is -2.50. The predicted molar refractivity (Wildman–Crippen MR) is 51.9 cm³/mol. The zero-order chi connectivity index (χ0) is 12.7. The molecule has 0 aromatic carbocycles. The summed E-state index contributed by atoms with van der Waals surface area (Å²) in [7, 11) is -10.9. The average Bonchev–Trinajstić information content (AvgIpc) is 1.96. The van der Waals surface area contributed by atoms with Crippen molar-refractivity contribution in [1.29, 1.82) is 0 Å². The third-order valence-corrected chi connectivity index (χ3v) is 5.90. The van der Waals surface area contributed by atoms with Crippen molar-refractivity contribution in [3.8, 4) is 0 Å². The molecule has 92 valence electrons. The van der Waals surface area contributed by atoms with Gasteiger partial charge in [0.05, 0.1) is 6.04 Å². The molecule has 0 rings (SSSR count). The Morgan fingerprint density at radius 3 is 1.40 bits per heavy atom. The Hall–Kier alpha value is 0.220. The summed E-state index contributed by atoms with van der Waals surface area (Å²) < 4.78 is 21.8. The van der Waals surface area contributed by atoms with Crippen LogP contribution in [-0.4, -0.2) is 35.8 Å². The lowest BCUT2D eigenvalue weighted by Gasteiger charge is -2.35. The lowest BCUT2D eigenvalue weighted by atomic mass is 10.1. The predicted octanol–water partition coefficient (Wildman–Crippen LogP) is -1.03. The van der Waals surface area contributed by atoms with E-state index >= 15 is 0 Å². The van der Waals surface area contributed by atoms with Gasteiger partial charge in [0.1, 0.15) is 0 Å². The largest absolute Gasteiger partial charge is 0.371 e. The highest BCUT2D eigenvalue weighted by Crippen LogP contribution is 2.69. The monoisotopic (exact) mass is 263 g/mol. The Balaban J connectivity index is 5.65. The Labute approximate surface area is 86.4 Å². The molecule has 0 spiro atoms. The second kappa shape index (κ2) is 4.24. The zero-order valence-electron chi connectivity index (χ0n) is 8.18. The molecule has 0 radical (unpaired) electrons. The van der Waals surface area contributed by atoms with Crippen LogP contribution in [0.4, 0.5) is 0 Å². The number of hydrogen-bond donors (Lipinski definition) is 6. The Morgan fingerprint density at radius 2 is 1.33 bits per heavy atom. The van der Waals surface area contributed by atoms with Crippen LogP contribution in [0.1, 0.15) is 13.8 Å². The molecule has 0 saturated heterocycles. The number of nitrogens with two attached hydrogens (primary N) is 1. The Bertz CT molecular complexity index is 295. The lowest BCUT2D eigenvalue weighted by molar-refractivity contribution is 0.0926. The fourth-order valence-corrected chi connectivity index (χ4v) is 3.74. The first-order valence-corrected chi connectivity index (χ1v) is 7.17. The molecule has 8 nitrogen and oxygen atoms in total. The third kappa shape index (κ3) is 2.67. The minimum absolute atomic E-state index is 0.713. The first-order valence-electron chi connectivity index (χ1n) is 3.95. The van der Waals surface area contributed by atoms with Crippen LogP contribution in [-0.2, 0) is 9.13 Å². The standard InChI is InChI=1S/C5H15NO7P2/c1-3(2)4(6)5(7,14(8,9)10)15(11,12)13/h3-4,7H,6H2,1-2H3,(H2,8,9,10)(H2,11,12,13)/t4-/m0/s1. The minimum Gasteiger partial charge on any atom is -0.366 e. The fourth-order valence-electron chi connectivity index (χ4n) is 1.01. The molecule has 0 aromatic heterocycles. The second-order valence-electron chi connectivity index (χ2n) is 3.55. The van der Waals surface area contributed by atoms with Gasteiger partial charge >= 0.3 is 15.2 Å². The van der Waals surface area contributed by atoms with Crippen LogP contribution >= 0.6 is 15.2 Å². The van der Waals surface area contributed by atoms with Crippen LogP contribution in [0.25, 0.3) is 0 Å². The minimum atomic E-state index is -5.45. The third-order valence-electron chi connectivity index (χ3n) is 2.02. The SMILES string of the molecule is CC(C)[C@H](N)C(O)(P(=O)(O)O)P(=O)(O)O. The van der Waals surface area contributed by atoms with Gasteiger partial charge in [-0.15, -0.1) is 0 Å². The molecule has 0 bridgehead atoms. The molecule has 0 amide bonds. The first kappa shape index (κ1) is 15.2. The maximum absolute atomic E-state index is 10.9. The summed E-state index contributed by atoms with van der Waals surface area (Å²) in [4.78, 5) is 35.1. The van der Waals surface area contributed by atoms with Crippen molar-refractivity contribution in [2.45, 2.75) is 25.0 Å². The van der Waals surface area contributed by atoms with E-state index in [0.29, 0.717) is 0 Å². The van der Waals surface area contributed by atoms with Gasteiger partial charge in [-0.3, -0.25) is 9.13 Å². The molecular weight excluding hydrogens is 248 g/mol. The molecule has 0 aromatic rings. The van der Waals surface area contributed by atoms with E-state index in [2.05, 4.69) is 0 Å². The Morgan fingerprint density at radius 1 is 1.07 bits per heavy atom. The van der Waals surface area contributed by atoms with E-state index in [0.717, 1.165) is 0 Å². The smallest absolute Gasteiger partial charge is 0.366 e. The van der Waals surface area contributed by atoms with Crippen LogP contribution in [0.2, 0.25) is 0 Å². The summed E-state index contributed by atoms with van der Waals surface area (Å²) in [6.45, 7) is 2.75. The quantitative estimate of drug-likeness (QED) is 0.351. The normalized spacial score (nSPS) is 16.9. The van der Waals surface area contributed by atoms with Crippen LogP contribution < -0.4 is 5.73 Å². The van der Waals surface area contributed by atoms with Gasteiger partial charge in [0.2, 0.25) is 0 Å². The molecule has 1 atom stereocenters. The molecule has 7 N–H and O–H groups in total. The van der Waals surface area contributed by atoms with Crippen molar-refractivity contribution in [1.82, 2.24) is 0 Å². The summed E-state index contributed by atoms with van der Waals surface area (Å²) in [6, 6.07) is -1.74. The summed E-state index contributed by atoms with van der Waals surface area (Å²) in [5, 5.41) is 5.94. The van der Waals surface area contributed by atoms with Crippen molar-refractivity contribution >= 4 is 15.2 Å². The molecule has 0 unspecified atom stereocenters. The summed E-state index contributed by atoms with van der Waals surface area (Å²) in [5.41, 5.74) is 5.23. The highest BCUT2D eigenvalue weighted by atomic mass is 31.2. The molecule has 0 saturated carbocycles. The topological polar surface area (TPSA) is 161 Å². The van der Waals surface area contributed by atoms with E-state index in [9.17, 15) is 14.2 Å². The van der Waals surface area contributed by atoms with Crippen molar-refractivity contribution in [3.63, 3.8) is 0 Å².